The Morgan fingerprint density at radius 2 is 1.72 bits per heavy atom. The normalized spacial score (nSPS) is 30.7. The first-order chi connectivity index (χ1) is 18.9. The first-order valence-electron chi connectivity index (χ1n) is 15.3. The molecule has 39 heavy (non-hydrogen) atoms. The van der Waals surface area contributed by atoms with Crippen LogP contribution < -0.4 is 5.32 Å². The minimum absolute atomic E-state index is 0.116. The molecule has 4 heteroatoms. The number of carbonyl (C=O) groups excluding carboxylic acids is 1. The number of benzene rings is 2. The molecule has 7 rings (SSSR count). The Balaban J connectivity index is 1.32. The summed E-state index contributed by atoms with van der Waals surface area (Å²) in [4.78, 5) is 17.5. The van der Waals surface area contributed by atoms with E-state index < -0.39 is 0 Å². The van der Waals surface area contributed by atoms with E-state index in [0.717, 1.165) is 55.5 Å². The Kier molecular flexibility index (Phi) is 7.23. The maximum Gasteiger partial charge on any atom is 0.299 e. The standard InChI is InChI=1S/C35H45N3O/c1-5-7-8-31-19-29-18-24(23-37(3)4)9-14-32(29)34(38(31)33(39)6-2)28-10-12-30(13-11-28)36-35-20-25-15-26(21-35)17-27(16-25)22-35/h2,9-14,18,25-27,31,34,36H,5,7-8,15-17,19-23H2,1,3-4H3/t25?,26?,27?,31-,34-,35?/m0/s1. The highest BCUT2D eigenvalue weighted by molar-refractivity contribution is 5.94. The average molecular weight is 524 g/mol. The molecule has 0 saturated heterocycles. The third-order valence-electron chi connectivity index (χ3n) is 10.1. The Morgan fingerprint density at radius 1 is 1.05 bits per heavy atom. The van der Waals surface area contributed by atoms with Crippen LogP contribution >= 0.6 is 0 Å². The molecular formula is C35H45N3O. The summed E-state index contributed by atoms with van der Waals surface area (Å²) in [6.45, 7) is 3.13. The predicted molar refractivity (Wildman–Crippen MR) is 159 cm³/mol. The number of nitrogens with one attached hydrogen (secondary N) is 1. The third-order valence-corrected chi connectivity index (χ3v) is 10.1. The summed E-state index contributed by atoms with van der Waals surface area (Å²) < 4.78 is 0. The largest absolute Gasteiger partial charge is 0.380 e. The highest BCUT2D eigenvalue weighted by Crippen LogP contribution is 2.56. The Bertz CT molecular complexity index is 1200. The Hall–Kier alpha value is -2.77. The fourth-order valence-corrected chi connectivity index (χ4v) is 8.98. The van der Waals surface area contributed by atoms with Gasteiger partial charge < -0.3 is 15.1 Å². The lowest BCUT2D eigenvalue weighted by molar-refractivity contribution is -0.130. The summed E-state index contributed by atoms with van der Waals surface area (Å²) in [7, 11) is 4.22. The van der Waals surface area contributed by atoms with Crippen LogP contribution in [0, 0.1) is 30.1 Å². The topological polar surface area (TPSA) is 35.6 Å². The number of carbonyl (C=O) groups is 1. The number of amides is 1. The van der Waals surface area contributed by atoms with E-state index in [1.54, 1.807) is 0 Å². The maximum atomic E-state index is 13.3. The second-order valence-corrected chi connectivity index (χ2v) is 13.5. The van der Waals surface area contributed by atoms with E-state index in [-0.39, 0.29) is 23.5 Å². The molecule has 4 fully saturated rings. The zero-order valence-corrected chi connectivity index (χ0v) is 24.1. The molecule has 2 aromatic carbocycles. The molecule has 1 N–H and O–H groups in total. The van der Waals surface area contributed by atoms with Crippen molar-refractivity contribution in [1.82, 2.24) is 9.80 Å². The number of rotatable bonds is 8. The van der Waals surface area contributed by atoms with Gasteiger partial charge in [0.25, 0.3) is 5.91 Å². The summed E-state index contributed by atoms with van der Waals surface area (Å²) >= 11 is 0. The van der Waals surface area contributed by atoms with Crippen molar-refractivity contribution >= 4 is 11.6 Å². The monoisotopic (exact) mass is 523 g/mol. The Morgan fingerprint density at radius 3 is 2.31 bits per heavy atom. The lowest BCUT2D eigenvalue weighted by Crippen LogP contribution is -2.54. The van der Waals surface area contributed by atoms with Gasteiger partial charge in [0.05, 0.1) is 6.04 Å². The molecule has 4 saturated carbocycles. The molecule has 206 valence electrons. The van der Waals surface area contributed by atoms with E-state index >= 15 is 0 Å². The van der Waals surface area contributed by atoms with Crippen LogP contribution in [-0.2, 0) is 17.8 Å². The van der Waals surface area contributed by atoms with Crippen LogP contribution in [0.5, 0.6) is 0 Å². The van der Waals surface area contributed by atoms with Gasteiger partial charge in [0.2, 0.25) is 0 Å². The summed E-state index contributed by atoms with van der Waals surface area (Å²) in [5.41, 5.74) is 6.55. The molecule has 2 atom stereocenters. The van der Waals surface area contributed by atoms with Gasteiger partial charge in [0, 0.05) is 23.8 Å². The van der Waals surface area contributed by atoms with E-state index in [4.69, 9.17) is 6.42 Å². The van der Waals surface area contributed by atoms with Crippen LogP contribution in [0.25, 0.3) is 0 Å². The first kappa shape index (κ1) is 26.5. The summed E-state index contributed by atoms with van der Waals surface area (Å²) in [5.74, 6) is 5.04. The number of terminal acetylenes is 1. The molecule has 1 aliphatic heterocycles. The zero-order chi connectivity index (χ0) is 27.1. The fraction of sp³-hybridized carbons (Fsp3) is 0.571. The van der Waals surface area contributed by atoms with Gasteiger partial charge in [-0.3, -0.25) is 4.79 Å². The lowest BCUT2D eigenvalue weighted by Gasteiger charge is -2.57. The maximum absolute atomic E-state index is 13.3. The first-order valence-corrected chi connectivity index (χ1v) is 15.3. The van der Waals surface area contributed by atoms with Crippen LogP contribution in [0.15, 0.2) is 42.5 Å². The predicted octanol–water partition coefficient (Wildman–Crippen LogP) is 6.80. The number of hydrogen-bond donors (Lipinski definition) is 1. The van der Waals surface area contributed by atoms with Crippen molar-refractivity contribution in [2.45, 2.75) is 95.3 Å². The van der Waals surface area contributed by atoms with Crippen molar-refractivity contribution in [1.29, 1.82) is 0 Å². The molecule has 2 aromatic rings. The van der Waals surface area contributed by atoms with E-state index in [0.29, 0.717) is 0 Å². The summed E-state index contributed by atoms with van der Waals surface area (Å²) in [6, 6.07) is 15.8. The molecule has 1 heterocycles. The van der Waals surface area contributed by atoms with Crippen LogP contribution in [0.4, 0.5) is 5.69 Å². The summed E-state index contributed by atoms with van der Waals surface area (Å²) in [6.07, 6.45) is 18.2. The molecule has 0 radical (unpaired) electrons. The van der Waals surface area contributed by atoms with Gasteiger partial charge in [-0.15, -0.1) is 6.42 Å². The summed E-state index contributed by atoms with van der Waals surface area (Å²) in [5, 5.41) is 4.03. The van der Waals surface area contributed by atoms with Gasteiger partial charge >= 0.3 is 0 Å². The average Bonchev–Trinajstić information content (AvgIpc) is 2.89. The fourth-order valence-electron chi connectivity index (χ4n) is 8.98. The minimum Gasteiger partial charge on any atom is -0.380 e. The van der Waals surface area contributed by atoms with Crippen LogP contribution in [0.3, 0.4) is 0 Å². The van der Waals surface area contributed by atoms with Crippen LogP contribution in [0.1, 0.15) is 93.0 Å². The van der Waals surface area contributed by atoms with Crippen molar-refractivity contribution in [3.05, 3.63) is 64.7 Å². The third kappa shape index (κ3) is 5.23. The second kappa shape index (κ2) is 10.7. The molecule has 1 amide bonds. The SMILES string of the molecule is C#CC(=O)N1[C@@H](CCCC)Cc2cc(CN(C)C)ccc2[C@@H]1c1ccc(NC23CC4CC(CC(C4)C2)C3)cc1. The van der Waals surface area contributed by atoms with Gasteiger partial charge in [0.15, 0.2) is 0 Å². The molecule has 0 aromatic heterocycles. The van der Waals surface area contributed by atoms with Crippen molar-refractivity contribution < 1.29 is 4.79 Å². The van der Waals surface area contributed by atoms with E-state index in [1.807, 2.05) is 4.90 Å². The molecule has 5 aliphatic rings. The van der Waals surface area contributed by atoms with Crippen molar-refractivity contribution in [3.8, 4) is 12.3 Å². The Labute approximate surface area is 235 Å². The van der Waals surface area contributed by atoms with Gasteiger partial charge in [-0.2, -0.15) is 0 Å². The van der Waals surface area contributed by atoms with Gasteiger partial charge in [-0.25, -0.2) is 0 Å². The zero-order valence-electron chi connectivity index (χ0n) is 24.1. The number of hydrogen-bond acceptors (Lipinski definition) is 3. The smallest absolute Gasteiger partial charge is 0.299 e. The molecule has 4 nitrogen and oxygen atoms in total. The number of unbranched alkanes of at least 4 members (excludes halogenated alkanes) is 1. The van der Waals surface area contributed by atoms with E-state index in [2.05, 4.69) is 79.6 Å². The van der Waals surface area contributed by atoms with E-state index in [1.165, 1.54) is 60.9 Å². The van der Waals surface area contributed by atoms with Gasteiger partial charge in [-0.1, -0.05) is 50.1 Å². The quantitative estimate of drug-likeness (QED) is 0.387. The molecule has 0 spiro atoms. The number of anilines is 1. The van der Waals surface area contributed by atoms with Crippen LogP contribution in [0.2, 0.25) is 0 Å². The lowest BCUT2D eigenvalue weighted by atomic mass is 9.53. The van der Waals surface area contributed by atoms with E-state index in [9.17, 15) is 4.79 Å². The van der Waals surface area contributed by atoms with Crippen molar-refractivity contribution in [2.75, 3.05) is 19.4 Å². The molecular weight excluding hydrogens is 478 g/mol. The molecule has 4 aliphatic carbocycles. The second-order valence-electron chi connectivity index (χ2n) is 13.5. The highest BCUT2D eigenvalue weighted by Gasteiger charge is 2.51. The van der Waals surface area contributed by atoms with Gasteiger partial charge in [-0.05, 0) is 124 Å². The number of fused-ring (bicyclic) bond motifs is 1. The number of nitrogens with zero attached hydrogens (tertiary/aromatic N) is 2. The molecule has 4 bridgehead atoms. The minimum atomic E-state index is -0.195. The molecule has 0 unspecified atom stereocenters. The van der Waals surface area contributed by atoms with Gasteiger partial charge in [0.1, 0.15) is 0 Å². The van der Waals surface area contributed by atoms with Crippen molar-refractivity contribution in [2.24, 2.45) is 17.8 Å². The highest BCUT2D eigenvalue weighted by atomic mass is 16.2. The van der Waals surface area contributed by atoms with Crippen LogP contribution in [-0.4, -0.2) is 41.4 Å². The van der Waals surface area contributed by atoms with Crippen molar-refractivity contribution in [3.63, 3.8) is 0 Å².